The molecule has 1 fully saturated rings. The van der Waals surface area contributed by atoms with Gasteiger partial charge in [-0.25, -0.2) is 4.79 Å². The molecule has 0 aliphatic carbocycles. The second-order valence-corrected chi connectivity index (χ2v) is 3.84. The van der Waals surface area contributed by atoms with Crippen LogP contribution in [0.5, 0.6) is 0 Å². The van der Waals surface area contributed by atoms with Crippen LogP contribution in [0.3, 0.4) is 0 Å². The summed E-state index contributed by atoms with van der Waals surface area (Å²) >= 11 is 0. The second-order valence-electron chi connectivity index (χ2n) is 3.84. The maximum atomic E-state index is 11.2. The SMILES string of the molecule is COC(=O)c1ccc(C(O)C2CCCN2)o1. The monoisotopic (exact) mass is 225 g/mol. The molecule has 5 heteroatoms. The van der Waals surface area contributed by atoms with Crippen molar-refractivity contribution in [3.05, 3.63) is 23.7 Å². The van der Waals surface area contributed by atoms with Crippen LogP contribution in [0, 0.1) is 0 Å². The molecule has 0 saturated carbocycles. The van der Waals surface area contributed by atoms with E-state index in [1.165, 1.54) is 13.2 Å². The molecule has 0 bridgehead atoms. The summed E-state index contributed by atoms with van der Waals surface area (Å²) in [6.45, 7) is 0.909. The van der Waals surface area contributed by atoms with Crippen molar-refractivity contribution in [1.82, 2.24) is 5.32 Å². The molecule has 2 rings (SSSR count). The standard InChI is InChI=1S/C11H15NO4/c1-15-11(14)9-5-4-8(16-9)10(13)7-3-2-6-12-7/h4-5,7,10,12-13H,2-3,6H2,1H3. The highest BCUT2D eigenvalue weighted by Crippen LogP contribution is 2.24. The lowest BCUT2D eigenvalue weighted by Crippen LogP contribution is -2.28. The average Bonchev–Trinajstić information content (AvgIpc) is 2.97. The van der Waals surface area contributed by atoms with E-state index >= 15 is 0 Å². The predicted molar refractivity (Wildman–Crippen MR) is 56.0 cm³/mol. The fourth-order valence-electron chi connectivity index (χ4n) is 1.90. The van der Waals surface area contributed by atoms with E-state index in [-0.39, 0.29) is 11.8 Å². The van der Waals surface area contributed by atoms with Gasteiger partial charge in [0.15, 0.2) is 0 Å². The summed E-state index contributed by atoms with van der Waals surface area (Å²) in [6, 6.07) is 3.13. The number of hydrogen-bond donors (Lipinski definition) is 2. The molecule has 2 N–H and O–H groups in total. The van der Waals surface area contributed by atoms with Crippen molar-refractivity contribution < 1.29 is 19.1 Å². The van der Waals surface area contributed by atoms with Crippen molar-refractivity contribution in [1.29, 1.82) is 0 Å². The first-order valence-corrected chi connectivity index (χ1v) is 5.32. The molecule has 1 aromatic rings. The maximum absolute atomic E-state index is 11.2. The average molecular weight is 225 g/mol. The molecule has 88 valence electrons. The summed E-state index contributed by atoms with van der Waals surface area (Å²) in [5, 5.41) is 13.2. The summed E-state index contributed by atoms with van der Waals surface area (Å²) in [5.41, 5.74) is 0. The Morgan fingerprint density at radius 2 is 2.50 bits per heavy atom. The van der Waals surface area contributed by atoms with Crippen LogP contribution in [0.4, 0.5) is 0 Å². The summed E-state index contributed by atoms with van der Waals surface area (Å²) < 4.78 is 9.77. The molecule has 16 heavy (non-hydrogen) atoms. The van der Waals surface area contributed by atoms with Crippen molar-refractivity contribution >= 4 is 5.97 Å². The van der Waals surface area contributed by atoms with Gasteiger partial charge in [-0.15, -0.1) is 0 Å². The first-order valence-electron chi connectivity index (χ1n) is 5.32. The fraction of sp³-hybridized carbons (Fsp3) is 0.545. The number of carbonyl (C=O) groups is 1. The number of hydrogen-bond acceptors (Lipinski definition) is 5. The molecule has 2 heterocycles. The van der Waals surface area contributed by atoms with Gasteiger partial charge in [-0.05, 0) is 31.5 Å². The number of methoxy groups -OCH3 is 1. The topological polar surface area (TPSA) is 71.7 Å². The van der Waals surface area contributed by atoms with Crippen LogP contribution < -0.4 is 5.32 Å². The molecule has 2 atom stereocenters. The predicted octanol–water partition coefficient (Wildman–Crippen LogP) is 0.852. The minimum absolute atomic E-state index is 0.0108. The van der Waals surface area contributed by atoms with Crippen molar-refractivity contribution in [2.75, 3.05) is 13.7 Å². The molecule has 5 nitrogen and oxygen atoms in total. The van der Waals surface area contributed by atoms with Gasteiger partial charge in [0, 0.05) is 6.04 Å². The van der Waals surface area contributed by atoms with Crippen LogP contribution in [-0.2, 0) is 4.74 Å². The van der Waals surface area contributed by atoms with Gasteiger partial charge < -0.3 is 19.6 Å². The second kappa shape index (κ2) is 4.67. The normalized spacial score (nSPS) is 22.0. The summed E-state index contributed by atoms with van der Waals surface area (Å²) in [6.07, 6.45) is 1.25. The first-order chi connectivity index (χ1) is 7.72. The zero-order valence-corrected chi connectivity index (χ0v) is 9.10. The van der Waals surface area contributed by atoms with Crippen LogP contribution in [-0.4, -0.2) is 30.8 Å². The van der Waals surface area contributed by atoms with Gasteiger partial charge in [-0.2, -0.15) is 0 Å². The van der Waals surface area contributed by atoms with E-state index in [0.717, 1.165) is 19.4 Å². The Hall–Kier alpha value is -1.33. The number of aliphatic hydroxyl groups excluding tert-OH is 1. The van der Waals surface area contributed by atoms with E-state index in [4.69, 9.17) is 4.42 Å². The Morgan fingerprint density at radius 3 is 3.12 bits per heavy atom. The smallest absolute Gasteiger partial charge is 0.373 e. The van der Waals surface area contributed by atoms with Gasteiger partial charge in [-0.3, -0.25) is 0 Å². The molecular weight excluding hydrogens is 210 g/mol. The zero-order valence-electron chi connectivity index (χ0n) is 9.10. The van der Waals surface area contributed by atoms with Crippen LogP contribution in [0.15, 0.2) is 16.5 Å². The summed E-state index contributed by atoms with van der Waals surface area (Å²) in [7, 11) is 1.29. The molecule has 1 aliphatic heterocycles. The highest BCUT2D eigenvalue weighted by atomic mass is 16.5. The number of furan rings is 1. The Bertz CT molecular complexity index is 368. The first kappa shape index (κ1) is 11.2. The van der Waals surface area contributed by atoms with E-state index < -0.39 is 12.1 Å². The molecule has 0 spiro atoms. The number of nitrogens with one attached hydrogen (secondary N) is 1. The third-order valence-corrected chi connectivity index (χ3v) is 2.78. The van der Waals surface area contributed by atoms with Crippen molar-refractivity contribution in [2.24, 2.45) is 0 Å². The zero-order chi connectivity index (χ0) is 11.5. The van der Waals surface area contributed by atoms with E-state index in [1.807, 2.05) is 0 Å². The van der Waals surface area contributed by atoms with Gasteiger partial charge in [0.25, 0.3) is 0 Å². The lowest BCUT2D eigenvalue weighted by atomic mass is 10.1. The van der Waals surface area contributed by atoms with E-state index in [1.54, 1.807) is 6.07 Å². The summed E-state index contributed by atoms with van der Waals surface area (Å²) in [5.74, 6) is -0.00724. The number of esters is 1. The molecule has 0 radical (unpaired) electrons. The molecule has 0 amide bonds. The third kappa shape index (κ3) is 2.10. The van der Waals surface area contributed by atoms with Crippen molar-refractivity contribution in [3.63, 3.8) is 0 Å². The molecule has 1 aromatic heterocycles. The molecule has 2 unspecified atom stereocenters. The van der Waals surface area contributed by atoms with Gasteiger partial charge in [0.1, 0.15) is 11.9 Å². The molecule has 0 aromatic carbocycles. The molecule has 1 aliphatic rings. The highest BCUT2D eigenvalue weighted by Gasteiger charge is 2.27. The quantitative estimate of drug-likeness (QED) is 0.746. The fourth-order valence-corrected chi connectivity index (χ4v) is 1.90. The number of carbonyl (C=O) groups excluding carboxylic acids is 1. The van der Waals surface area contributed by atoms with Crippen molar-refractivity contribution in [3.8, 4) is 0 Å². The van der Waals surface area contributed by atoms with E-state index in [9.17, 15) is 9.90 Å². The Labute approximate surface area is 93.4 Å². The van der Waals surface area contributed by atoms with Crippen LogP contribution >= 0.6 is 0 Å². The molecular formula is C11H15NO4. The highest BCUT2D eigenvalue weighted by molar-refractivity contribution is 5.86. The summed E-state index contributed by atoms with van der Waals surface area (Å²) in [4.78, 5) is 11.2. The lowest BCUT2D eigenvalue weighted by Gasteiger charge is -2.15. The van der Waals surface area contributed by atoms with Gasteiger partial charge in [0.2, 0.25) is 5.76 Å². The number of rotatable bonds is 3. The van der Waals surface area contributed by atoms with E-state index in [0.29, 0.717) is 5.76 Å². The van der Waals surface area contributed by atoms with Gasteiger partial charge >= 0.3 is 5.97 Å². The molecule has 1 saturated heterocycles. The number of ether oxygens (including phenoxy) is 1. The largest absolute Gasteiger partial charge is 0.463 e. The van der Waals surface area contributed by atoms with Crippen LogP contribution in [0.25, 0.3) is 0 Å². The van der Waals surface area contributed by atoms with Crippen LogP contribution in [0.1, 0.15) is 35.3 Å². The maximum Gasteiger partial charge on any atom is 0.373 e. The Balaban J connectivity index is 2.08. The van der Waals surface area contributed by atoms with Crippen LogP contribution in [0.2, 0.25) is 0 Å². The minimum Gasteiger partial charge on any atom is -0.463 e. The Morgan fingerprint density at radius 1 is 1.69 bits per heavy atom. The third-order valence-electron chi connectivity index (χ3n) is 2.78. The Kier molecular flexibility index (Phi) is 3.26. The minimum atomic E-state index is -0.707. The number of aliphatic hydroxyl groups is 1. The van der Waals surface area contributed by atoms with Gasteiger partial charge in [-0.1, -0.05) is 0 Å². The lowest BCUT2D eigenvalue weighted by molar-refractivity contribution is 0.0548. The van der Waals surface area contributed by atoms with Gasteiger partial charge in [0.05, 0.1) is 7.11 Å². The van der Waals surface area contributed by atoms with Crippen molar-refractivity contribution in [2.45, 2.75) is 25.0 Å². The van der Waals surface area contributed by atoms with E-state index in [2.05, 4.69) is 10.1 Å².